The number of amides is 1. The Morgan fingerprint density at radius 3 is 2.38 bits per heavy atom. The fourth-order valence-corrected chi connectivity index (χ4v) is 4.09. The Morgan fingerprint density at radius 1 is 1.10 bits per heavy atom. The van der Waals surface area contributed by atoms with Crippen LogP contribution in [0.3, 0.4) is 0 Å². The van der Waals surface area contributed by atoms with Gasteiger partial charge in [0.25, 0.3) is 5.91 Å². The van der Waals surface area contributed by atoms with Crippen molar-refractivity contribution in [2.24, 2.45) is 0 Å². The maximum atomic E-state index is 12.9. The van der Waals surface area contributed by atoms with Gasteiger partial charge in [-0.2, -0.15) is 0 Å². The Kier molecular flexibility index (Phi) is 5.78. The van der Waals surface area contributed by atoms with E-state index >= 15 is 0 Å². The van der Waals surface area contributed by atoms with Crippen molar-refractivity contribution in [3.05, 3.63) is 47.4 Å². The van der Waals surface area contributed by atoms with Gasteiger partial charge in [0, 0.05) is 37.7 Å². The number of ether oxygens (including phenoxy) is 2. The Balaban J connectivity index is 1.49. The topological polar surface area (TPSA) is 76.6 Å². The van der Waals surface area contributed by atoms with Gasteiger partial charge in [-0.05, 0) is 24.0 Å². The molecule has 0 bridgehead atoms. The van der Waals surface area contributed by atoms with Crippen LogP contribution in [-0.2, 0) is 22.3 Å². The van der Waals surface area contributed by atoms with Crippen molar-refractivity contribution in [2.45, 2.75) is 45.3 Å². The van der Waals surface area contributed by atoms with E-state index in [0.717, 1.165) is 61.4 Å². The lowest BCUT2D eigenvalue weighted by Crippen LogP contribution is -2.45. The summed E-state index contributed by atoms with van der Waals surface area (Å²) in [6, 6.07) is 7.91. The van der Waals surface area contributed by atoms with Crippen LogP contribution in [0.1, 0.15) is 48.3 Å². The lowest BCUT2D eigenvalue weighted by atomic mass is 10.0. The highest BCUT2D eigenvalue weighted by Gasteiger charge is 2.40. The van der Waals surface area contributed by atoms with Gasteiger partial charge in [0.15, 0.2) is 5.79 Å². The molecule has 0 aliphatic carbocycles. The van der Waals surface area contributed by atoms with E-state index in [-0.39, 0.29) is 5.91 Å². The minimum atomic E-state index is -0.426. The highest BCUT2D eigenvalue weighted by Crippen LogP contribution is 2.32. The molecule has 2 fully saturated rings. The summed E-state index contributed by atoms with van der Waals surface area (Å²) in [5.41, 5.74) is 3.53. The second kappa shape index (κ2) is 8.47. The first-order chi connectivity index (χ1) is 14.1. The van der Waals surface area contributed by atoms with Crippen molar-refractivity contribution in [1.82, 2.24) is 9.97 Å². The number of piperidine rings is 1. The smallest absolute Gasteiger partial charge is 0.274 e. The Hall–Kier alpha value is -2.51. The number of anilines is 2. The zero-order chi connectivity index (χ0) is 20.3. The predicted octanol–water partition coefficient (Wildman–Crippen LogP) is 3.20. The second-order valence-corrected chi connectivity index (χ2v) is 7.47. The van der Waals surface area contributed by atoms with E-state index in [1.54, 1.807) is 6.07 Å². The molecule has 4 rings (SSSR count). The van der Waals surface area contributed by atoms with Gasteiger partial charge in [0.1, 0.15) is 17.8 Å². The molecular weight excluding hydrogens is 368 g/mol. The molecule has 154 valence electrons. The zero-order valence-corrected chi connectivity index (χ0v) is 17.1. The molecule has 1 N–H and O–H groups in total. The van der Waals surface area contributed by atoms with E-state index in [1.807, 2.05) is 6.07 Å². The summed E-state index contributed by atoms with van der Waals surface area (Å²) in [6.07, 6.45) is 4.77. The standard InChI is InChI=1S/C22H28N4O3/c1-3-16-6-5-7-17(4-2)20(16)25-21(27)18-14-19(24-15-23-18)26-10-8-22(9-11-26)28-12-13-29-22/h5-7,14-15H,3-4,8-13H2,1-2H3,(H,25,27). The summed E-state index contributed by atoms with van der Waals surface area (Å²) < 4.78 is 11.6. The van der Waals surface area contributed by atoms with Gasteiger partial charge in [0.05, 0.1) is 13.2 Å². The minimum Gasteiger partial charge on any atom is -0.356 e. The van der Waals surface area contributed by atoms with E-state index in [2.05, 4.69) is 46.2 Å². The van der Waals surface area contributed by atoms with E-state index in [1.165, 1.54) is 6.33 Å². The van der Waals surface area contributed by atoms with Crippen molar-refractivity contribution in [1.29, 1.82) is 0 Å². The maximum absolute atomic E-state index is 12.9. The number of rotatable bonds is 5. The molecule has 0 saturated carbocycles. The van der Waals surface area contributed by atoms with Crippen molar-refractivity contribution < 1.29 is 14.3 Å². The molecule has 0 unspecified atom stereocenters. The number of aryl methyl sites for hydroxylation is 2. The van der Waals surface area contributed by atoms with Crippen LogP contribution in [0.4, 0.5) is 11.5 Å². The molecule has 3 heterocycles. The SMILES string of the molecule is CCc1cccc(CC)c1NC(=O)c1cc(N2CCC3(CC2)OCCO3)ncn1. The van der Waals surface area contributed by atoms with Crippen LogP contribution < -0.4 is 10.2 Å². The van der Waals surface area contributed by atoms with Crippen molar-refractivity contribution in [3.63, 3.8) is 0 Å². The van der Waals surface area contributed by atoms with Crippen LogP contribution in [0.25, 0.3) is 0 Å². The van der Waals surface area contributed by atoms with Crippen LogP contribution in [0.5, 0.6) is 0 Å². The van der Waals surface area contributed by atoms with E-state index < -0.39 is 5.79 Å². The van der Waals surface area contributed by atoms with Gasteiger partial charge in [0.2, 0.25) is 0 Å². The number of hydrogen-bond donors (Lipinski definition) is 1. The first-order valence-electron chi connectivity index (χ1n) is 10.4. The summed E-state index contributed by atoms with van der Waals surface area (Å²) in [4.78, 5) is 23.7. The van der Waals surface area contributed by atoms with Crippen molar-refractivity contribution in [2.75, 3.05) is 36.5 Å². The fraction of sp³-hybridized carbons (Fsp3) is 0.500. The maximum Gasteiger partial charge on any atom is 0.274 e. The monoisotopic (exact) mass is 396 g/mol. The third-order valence-corrected chi connectivity index (χ3v) is 5.79. The molecular formula is C22H28N4O3. The molecule has 2 aliphatic heterocycles. The number of para-hydroxylation sites is 1. The van der Waals surface area contributed by atoms with E-state index in [4.69, 9.17) is 9.47 Å². The normalized spacial score (nSPS) is 18.2. The summed E-state index contributed by atoms with van der Waals surface area (Å²) in [7, 11) is 0. The van der Waals surface area contributed by atoms with Gasteiger partial charge in [-0.3, -0.25) is 4.79 Å². The number of nitrogens with zero attached hydrogens (tertiary/aromatic N) is 3. The number of carbonyl (C=O) groups excluding carboxylic acids is 1. The summed E-state index contributed by atoms with van der Waals surface area (Å²) >= 11 is 0. The van der Waals surface area contributed by atoms with Crippen LogP contribution in [0.15, 0.2) is 30.6 Å². The number of nitrogens with one attached hydrogen (secondary N) is 1. The molecule has 0 radical (unpaired) electrons. The van der Waals surface area contributed by atoms with Crippen molar-refractivity contribution >= 4 is 17.4 Å². The molecule has 7 nitrogen and oxygen atoms in total. The highest BCUT2D eigenvalue weighted by atomic mass is 16.7. The number of carbonyl (C=O) groups is 1. The van der Waals surface area contributed by atoms with Gasteiger partial charge in [-0.15, -0.1) is 0 Å². The summed E-state index contributed by atoms with van der Waals surface area (Å²) in [5, 5.41) is 3.08. The molecule has 1 aromatic carbocycles. The Morgan fingerprint density at radius 2 is 1.76 bits per heavy atom. The molecule has 1 amide bonds. The van der Waals surface area contributed by atoms with E-state index in [0.29, 0.717) is 18.9 Å². The first kappa shape index (κ1) is 19.8. The zero-order valence-electron chi connectivity index (χ0n) is 17.1. The summed E-state index contributed by atoms with van der Waals surface area (Å²) in [6.45, 7) is 7.06. The van der Waals surface area contributed by atoms with Crippen LogP contribution in [-0.4, -0.2) is 48.0 Å². The van der Waals surface area contributed by atoms with Crippen molar-refractivity contribution in [3.8, 4) is 0 Å². The molecule has 2 aliphatic rings. The molecule has 0 atom stereocenters. The lowest BCUT2D eigenvalue weighted by molar-refractivity contribution is -0.169. The Bertz CT molecular complexity index is 848. The Labute approximate surface area is 171 Å². The number of aromatic nitrogens is 2. The second-order valence-electron chi connectivity index (χ2n) is 7.47. The fourth-order valence-electron chi connectivity index (χ4n) is 4.09. The largest absolute Gasteiger partial charge is 0.356 e. The molecule has 2 aromatic rings. The number of benzene rings is 1. The molecule has 1 aromatic heterocycles. The quantitative estimate of drug-likeness (QED) is 0.836. The average Bonchev–Trinajstić information content (AvgIpc) is 3.22. The van der Waals surface area contributed by atoms with Crippen LogP contribution in [0.2, 0.25) is 0 Å². The van der Waals surface area contributed by atoms with Gasteiger partial charge >= 0.3 is 0 Å². The van der Waals surface area contributed by atoms with Crippen LogP contribution >= 0.6 is 0 Å². The van der Waals surface area contributed by atoms with E-state index in [9.17, 15) is 4.79 Å². The molecule has 1 spiro atoms. The van der Waals surface area contributed by atoms with Gasteiger partial charge < -0.3 is 19.7 Å². The van der Waals surface area contributed by atoms with Crippen LogP contribution in [0, 0.1) is 0 Å². The average molecular weight is 396 g/mol. The van der Waals surface area contributed by atoms with Gasteiger partial charge in [-0.25, -0.2) is 9.97 Å². The van der Waals surface area contributed by atoms with Gasteiger partial charge in [-0.1, -0.05) is 32.0 Å². The molecule has 29 heavy (non-hydrogen) atoms. The summed E-state index contributed by atoms with van der Waals surface area (Å²) in [5.74, 6) is 0.127. The minimum absolute atomic E-state index is 0.208. The third-order valence-electron chi connectivity index (χ3n) is 5.79. The predicted molar refractivity (Wildman–Crippen MR) is 111 cm³/mol. The number of hydrogen-bond acceptors (Lipinski definition) is 6. The highest BCUT2D eigenvalue weighted by molar-refractivity contribution is 6.04. The third kappa shape index (κ3) is 4.11. The lowest BCUT2D eigenvalue weighted by Gasteiger charge is -2.38. The molecule has 2 saturated heterocycles. The molecule has 7 heteroatoms. The first-order valence-corrected chi connectivity index (χ1v) is 10.4.